The van der Waals surface area contributed by atoms with Gasteiger partial charge in [0.25, 0.3) is 0 Å². The molecule has 4 aromatic rings. The SMILES string of the molecule is Cc1cc(=O)c2cc3c(c(N4C=C5C=CN=C5C4)c2o1)O[C@](C)(C1CCCCC1)[C@H](OOC[C@@](O)(Cc1ccc(O)c2ccc(O)cc12)[C@@H](O)[C@H](O)[C@H](O)CO)C3. The van der Waals surface area contributed by atoms with Gasteiger partial charge in [-0.3, -0.25) is 9.79 Å². The topological polar surface area (TPSA) is 215 Å². The molecule has 6 atom stereocenters. The number of aliphatic hydroxyl groups is 5. The van der Waals surface area contributed by atoms with Gasteiger partial charge in [-0.2, -0.15) is 0 Å². The lowest BCUT2D eigenvalue weighted by Crippen LogP contribution is -2.58. The Morgan fingerprint density at radius 3 is 2.58 bits per heavy atom. The summed E-state index contributed by atoms with van der Waals surface area (Å²) in [5.74, 6) is 0.855. The molecule has 14 nitrogen and oxygen atoms in total. The number of anilines is 1. The second-order valence-corrected chi connectivity index (χ2v) is 16.0. The lowest BCUT2D eigenvalue weighted by molar-refractivity contribution is -0.374. The zero-order chi connectivity index (χ0) is 40.2. The Labute approximate surface area is 328 Å². The minimum atomic E-state index is -2.35. The van der Waals surface area contributed by atoms with Gasteiger partial charge >= 0.3 is 0 Å². The molecule has 0 radical (unpaired) electrons. The Bertz CT molecular complexity index is 2350. The zero-order valence-electron chi connectivity index (χ0n) is 31.8. The number of hydrogen-bond acceptors (Lipinski definition) is 14. The summed E-state index contributed by atoms with van der Waals surface area (Å²) in [7, 11) is 0. The number of rotatable bonds is 12. The van der Waals surface area contributed by atoms with Crippen molar-refractivity contribution in [3.63, 3.8) is 0 Å². The number of aromatic hydroxyl groups is 2. The normalized spacial score (nSPS) is 23.4. The summed E-state index contributed by atoms with van der Waals surface area (Å²) >= 11 is 0. The van der Waals surface area contributed by atoms with Gasteiger partial charge in [0.15, 0.2) is 16.8 Å². The number of ether oxygens (including phenoxy) is 1. The van der Waals surface area contributed by atoms with Gasteiger partial charge in [0.2, 0.25) is 0 Å². The lowest BCUT2D eigenvalue weighted by Gasteiger charge is -2.48. The quantitative estimate of drug-likeness (QED) is 0.0801. The van der Waals surface area contributed by atoms with E-state index in [1.54, 1.807) is 19.2 Å². The average Bonchev–Trinajstić information content (AvgIpc) is 3.81. The molecule has 7 N–H and O–H groups in total. The molecule has 3 aliphatic heterocycles. The summed E-state index contributed by atoms with van der Waals surface area (Å²) in [5, 5.41) is 76.2. The summed E-state index contributed by atoms with van der Waals surface area (Å²) in [6.07, 6.45) is 3.60. The van der Waals surface area contributed by atoms with E-state index in [-0.39, 0.29) is 29.3 Å². The predicted molar refractivity (Wildman–Crippen MR) is 210 cm³/mol. The number of aliphatic hydroxyl groups excluding tert-OH is 4. The maximum Gasteiger partial charge on any atom is 0.193 e. The monoisotopic (exact) mass is 784 g/mol. The molecule has 8 rings (SSSR count). The van der Waals surface area contributed by atoms with E-state index < -0.39 is 55.3 Å². The van der Waals surface area contributed by atoms with Crippen LogP contribution in [0.5, 0.6) is 17.2 Å². The highest BCUT2D eigenvalue weighted by atomic mass is 17.2. The second-order valence-electron chi connectivity index (χ2n) is 16.0. The minimum Gasteiger partial charge on any atom is -0.508 e. The third kappa shape index (κ3) is 7.09. The third-order valence-electron chi connectivity index (χ3n) is 12.2. The number of aliphatic imine (C=N–C) groups is 1. The van der Waals surface area contributed by atoms with Gasteiger partial charge in [0.1, 0.15) is 65.2 Å². The van der Waals surface area contributed by atoms with Crippen LogP contribution in [0.2, 0.25) is 0 Å². The van der Waals surface area contributed by atoms with Gasteiger partial charge in [-0.15, -0.1) is 0 Å². The molecule has 1 saturated carbocycles. The molecule has 0 spiro atoms. The van der Waals surface area contributed by atoms with Crippen LogP contribution >= 0.6 is 0 Å². The Kier molecular flexibility index (Phi) is 10.4. The molecule has 302 valence electrons. The first kappa shape index (κ1) is 39.0. The first-order chi connectivity index (χ1) is 27.3. The van der Waals surface area contributed by atoms with E-state index in [2.05, 4.69) is 4.99 Å². The predicted octanol–water partition coefficient (Wildman–Crippen LogP) is 3.98. The molecule has 0 saturated heterocycles. The van der Waals surface area contributed by atoms with Gasteiger partial charge in [-0.1, -0.05) is 25.3 Å². The molecule has 57 heavy (non-hydrogen) atoms. The fourth-order valence-corrected chi connectivity index (χ4v) is 8.90. The van der Waals surface area contributed by atoms with Gasteiger partial charge in [-0.05, 0) is 74.0 Å². The molecule has 1 fully saturated rings. The molecule has 0 amide bonds. The van der Waals surface area contributed by atoms with Crippen molar-refractivity contribution in [1.82, 2.24) is 0 Å². The summed E-state index contributed by atoms with van der Waals surface area (Å²) < 4.78 is 13.4. The fourth-order valence-electron chi connectivity index (χ4n) is 8.90. The van der Waals surface area contributed by atoms with Crippen LogP contribution in [0.25, 0.3) is 21.7 Å². The number of allylic oxidation sites excluding steroid dienone is 1. The highest BCUT2D eigenvalue weighted by Gasteiger charge is 2.51. The van der Waals surface area contributed by atoms with E-state index in [9.17, 15) is 40.5 Å². The molecule has 0 bridgehead atoms. The zero-order valence-corrected chi connectivity index (χ0v) is 31.8. The number of phenols is 2. The van der Waals surface area contributed by atoms with Crippen LogP contribution < -0.4 is 15.1 Å². The largest absolute Gasteiger partial charge is 0.508 e. The fraction of sp³-hybridized carbons (Fsp3) is 0.442. The molecular weight excluding hydrogens is 736 g/mol. The number of hydrogen-bond donors (Lipinski definition) is 7. The van der Waals surface area contributed by atoms with E-state index in [1.807, 2.05) is 24.1 Å². The van der Waals surface area contributed by atoms with E-state index >= 15 is 0 Å². The van der Waals surface area contributed by atoms with Crippen LogP contribution in [0.15, 0.2) is 80.7 Å². The minimum absolute atomic E-state index is 0.0201. The van der Waals surface area contributed by atoms with E-state index in [4.69, 9.17) is 18.9 Å². The van der Waals surface area contributed by atoms with E-state index in [0.717, 1.165) is 43.4 Å². The maximum atomic E-state index is 13.5. The van der Waals surface area contributed by atoms with E-state index in [0.29, 0.717) is 56.6 Å². The van der Waals surface area contributed by atoms with Crippen LogP contribution in [0, 0.1) is 12.8 Å². The molecule has 4 aliphatic rings. The molecule has 4 heterocycles. The number of benzene rings is 3. The van der Waals surface area contributed by atoms with Crippen LogP contribution in [-0.4, -0.2) is 96.8 Å². The van der Waals surface area contributed by atoms with Crippen molar-refractivity contribution in [3.8, 4) is 17.2 Å². The van der Waals surface area contributed by atoms with Crippen LogP contribution in [0.4, 0.5) is 5.69 Å². The van der Waals surface area contributed by atoms with Gasteiger partial charge in [0.05, 0.1) is 24.2 Å². The smallest absolute Gasteiger partial charge is 0.193 e. The second kappa shape index (κ2) is 15.2. The molecule has 1 aliphatic carbocycles. The Morgan fingerprint density at radius 2 is 1.82 bits per heavy atom. The lowest BCUT2D eigenvalue weighted by atomic mass is 9.72. The van der Waals surface area contributed by atoms with Crippen molar-refractivity contribution in [1.29, 1.82) is 0 Å². The number of fused-ring (bicyclic) bond motifs is 4. The Balaban J connectivity index is 1.16. The highest BCUT2D eigenvalue weighted by Crippen LogP contribution is 2.50. The Hall–Kier alpha value is -4.80. The molecular formula is C43H48N2O12. The molecule has 0 unspecified atom stereocenters. The number of nitrogens with zero attached hydrogens (tertiary/aromatic N) is 2. The van der Waals surface area contributed by atoms with Crippen molar-refractivity contribution >= 4 is 33.1 Å². The van der Waals surface area contributed by atoms with Gasteiger partial charge in [0, 0.05) is 53.7 Å². The Morgan fingerprint density at radius 1 is 1.04 bits per heavy atom. The highest BCUT2D eigenvalue weighted by molar-refractivity contribution is 6.12. The first-order valence-corrected chi connectivity index (χ1v) is 19.4. The standard InChI is InChI=1S/C43H48N2O12/c1-23-14-34(49)31-15-26-16-36(42(2,27-6-4-3-5-7-27)56-39(26)37(40(31)55-23)45-19-25-12-13-44-32(25)20-45)57-54-22-43(53,41(52)38(51)35(50)21-46)18-24-8-11-33(48)29-10-9-28(47)17-30(24)29/h8-15,17,19,27,35-36,38,41,46-48,50-53H,3-7,16,18,20-22H2,1-2H3/t35-,36-,38-,41+,42-,43+/m1/s1. The van der Waals surface area contributed by atoms with Crippen molar-refractivity contribution in [3.05, 3.63) is 93.6 Å². The van der Waals surface area contributed by atoms with Gasteiger partial charge < -0.3 is 49.8 Å². The molecule has 1 aromatic heterocycles. The summed E-state index contributed by atoms with van der Waals surface area (Å²) in [6.45, 7) is 2.54. The molecule has 14 heteroatoms. The van der Waals surface area contributed by atoms with E-state index in [1.165, 1.54) is 36.4 Å². The van der Waals surface area contributed by atoms with Crippen molar-refractivity contribution < 1.29 is 54.7 Å². The maximum absolute atomic E-state index is 13.5. The van der Waals surface area contributed by atoms with Crippen LogP contribution in [-0.2, 0) is 22.6 Å². The van der Waals surface area contributed by atoms with Crippen molar-refractivity contribution in [2.75, 3.05) is 24.7 Å². The summed E-state index contributed by atoms with van der Waals surface area (Å²) in [6, 6.07) is 10.4. The van der Waals surface area contributed by atoms with Crippen molar-refractivity contribution in [2.24, 2.45) is 10.9 Å². The van der Waals surface area contributed by atoms with Crippen LogP contribution in [0.1, 0.15) is 55.9 Å². The average molecular weight is 785 g/mol. The summed E-state index contributed by atoms with van der Waals surface area (Å²) in [5.41, 5.74) is 0.353. The van der Waals surface area contributed by atoms with Crippen LogP contribution in [0.3, 0.4) is 0 Å². The van der Waals surface area contributed by atoms with Crippen molar-refractivity contribution in [2.45, 2.75) is 94.4 Å². The summed E-state index contributed by atoms with van der Waals surface area (Å²) in [4.78, 5) is 32.1. The van der Waals surface area contributed by atoms with Gasteiger partial charge in [-0.25, -0.2) is 9.78 Å². The number of aryl methyl sites for hydroxylation is 1. The molecule has 3 aromatic carbocycles. The first-order valence-electron chi connectivity index (χ1n) is 19.4. The third-order valence-corrected chi connectivity index (χ3v) is 12.2. The number of phenolic OH excluding ortho intramolecular Hbond substituents is 2.